The van der Waals surface area contributed by atoms with E-state index in [1.807, 2.05) is 49.5 Å². The van der Waals surface area contributed by atoms with Gasteiger partial charge in [0.05, 0.1) is 18.0 Å². The molecule has 0 aromatic heterocycles. The third-order valence-electron chi connectivity index (χ3n) is 4.42. The lowest BCUT2D eigenvalue weighted by atomic mass is 10.1. The minimum absolute atomic E-state index is 0.104. The molecule has 2 aromatic rings. The number of anilines is 2. The molecule has 132 valence electrons. The summed E-state index contributed by atoms with van der Waals surface area (Å²) in [6.07, 6.45) is -0.432. The lowest BCUT2D eigenvalue weighted by Gasteiger charge is -2.29. The second kappa shape index (κ2) is 8.14. The Bertz CT molecular complexity index is 705. The fraction of sp³-hybridized carbons (Fsp3) is 0.350. The molecular formula is C20H25N3O2. The van der Waals surface area contributed by atoms with Gasteiger partial charge in [-0.1, -0.05) is 42.5 Å². The van der Waals surface area contributed by atoms with Gasteiger partial charge in [-0.25, -0.2) is 0 Å². The van der Waals surface area contributed by atoms with E-state index < -0.39 is 6.10 Å². The Morgan fingerprint density at radius 1 is 1.12 bits per heavy atom. The van der Waals surface area contributed by atoms with Crippen LogP contribution in [0.2, 0.25) is 0 Å². The van der Waals surface area contributed by atoms with Crippen LogP contribution in [-0.4, -0.2) is 43.7 Å². The molecule has 1 amide bonds. The van der Waals surface area contributed by atoms with Gasteiger partial charge in [-0.05, 0) is 31.7 Å². The first-order chi connectivity index (χ1) is 12.1. The minimum Gasteiger partial charge on any atom is -0.377 e. The maximum absolute atomic E-state index is 12.5. The van der Waals surface area contributed by atoms with Crippen LogP contribution < -0.4 is 10.6 Å². The molecule has 5 nitrogen and oxygen atoms in total. The van der Waals surface area contributed by atoms with Gasteiger partial charge in [0.2, 0.25) is 0 Å². The van der Waals surface area contributed by atoms with Crippen molar-refractivity contribution in [3.8, 4) is 0 Å². The maximum Gasteiger partial charge on any atom is 0.254 e. The van der Waals surface area contributed by atoms with Crippen molar-refractivity contribution < 1.29 is 9.53 Å². The van der Waals surface area contributed by atoms with E-state index in [9.17, 15) is 4.79 Å². The monoisotopic (exact) mass is 339 g/mol. The van der Waals surface area contributed by atoms with Crippen molar-refractivity contribution in [1.29, 1.82) is 0 Å². The molecule has 3 rings (SSSR count). The number of nitrogens with zero attached hydrogens (tertiary/aromatic N) is 1. The van der Waals surface area contributed by atoms with Gasteiger partial charge in [0, 0.05) is 19.1 Å². The van der Waals surface area contributed by atoms with Gasteiger partial charge in [-0.15, -0.1) is 0 Å². The highest BCUT2D eigenvalue weighted by Crippen LogP contribution is 2.26. The number of morpholine rings is 1. The Kier molecular flexibility index (Phi) is 5.68. The van der Waals surface area contributed by atoms with Crippen molar-refractivity contribution >= 4 is 17.3 Å². The Morgan fingerprint density at radius 3 is 2.52 bits per heavy atom. The summed E-state index contributed by atoms with van der Waals surface area (Å²) in [6.45, 7) is 4.16. The SMILES string of the molecule is CC(Nc1ccccc1NC(=O)C1CN(C)CCO1)c1ccccc1. The summed E-state index contributed by atoms with van der Waals surface area (Å²) < 4.78 is 5.60. The lowest BCUT2D eigenvalue weighted by Crippen LogP contribution is -2.46. The van der Waals surface area contributed by atoms with Gasteiger partial charge >= 0.3 is 0 Å². The van der Waals surface area contributed by atoms with Crippen LogP contribution in [-0.2, 0) is 9.53 Å². The number of rotatable bonds is 5. The Balaban J connectivity index is 1.69. The van der Waals surface area contributed by atoms with Crippen LogP contribution in [0.3, 0.4) is 0 Å². The minimum atomic E-state index is -0.432. The zero-order valence-corrected chi connectivity index (χ0v) is 14.7. The molecule has 2 N–H and O–H groups in total. The van der Waals surface area contributed by atoms with E-state index in [1.165, 1.54) is 5.56 Å². The third kappa shape index (κ3) is 4.59. The van der Waals surface area contributed by atoms with Crippen LogP contribution >= 0.6 is 0 Å². The van der Waals surface area contributed by atoms with E-state index in [4.69, 9.17) is 4.74 Å². The smallest absolute Gasteiger partial charge is 0.254 e. The second-order valence-corrected chi connectivity index (χ2v) is 6.43. The number of benzene rings is 2. The van der Waals surface area contributed by atoms with Crippen LogP contribution in [0.5, 0.6) is 0 Å². The molecule has 2 unspecified atom stereocenters. The average molecular weight is 339 g/mol. The third-order valence-corrected chi connectivity index (χ3v) is 4.42. The van der Waals surface area contributed by atoms with Crippen molar-refractivity contribution in [3.05, 3.63) is 60.2 Å². The van der Waals surface area contributed by atoms with Crippen molar-refractivity contribution in [2.24, 2.45) is 0 Å². The number of ether oxygens (including phenoxy) is 1. The van der Waals surface area contributed by atoms with E-state index in [-0.39, 0.29) is 11.9 Å². The first-order valence-corrected chi connectivity index (χ1v) is 8.65. The molecule has 0 aliphatic carbocycles. The standard InChI is InChI=1S/C20H25N3O2/c1-15(16-8-4-3-5-9-16)21-17-10-6-7-11-18(17)22-20(24)19-14-23(2)12-13-25-19/h3-11,15,19,21H,12-14H2,1-2H3,(H,22,24). The predicted octanol–water partition coefficient (Wildman–Crippen LogP) is 3.13. The van der Waals surface area contributed by atoms with Crippen LogP contribution in [0.4, 0.5) is 11.4 Å². The largest absolute Gasteiger partial charge is 0.377 e. The average Bonchev–Trinajstić information content (AvgIpc) is 2.64. The van der Waals surface area contributed by atoms with Gasteiger partial charge < -0.3 is 20.3 Å². The number of para-hydroxylation sites is 2. The molecule has 1 saturated heterocycles. The molecule has 5 heteroatoms. The predicted molar refractivity (Wildman–Crippen MR) is 101 cm³/mol. The van der Waals surface area contributed by atoms with Gasteiger partial charge in [0.15, 0.2) is 0 Å². The lowest BCUT2D eigenvalue weighted by molar-refractivity contribution is -0.132. The molecule has 2 atom stereocenters. The normalized spacial score (nSPS) is 19.2. The highest BCUT2D eigenvalue weighted by Gasteiger charge is 2.25. The van der Waals surface area contributed by atoms with E-state index >= 15 is 0 Å². The topological polar surface area (TPSA) is 53.6 Å². The summed E-state index contributed by atoms with van der Waals surface area (Å²) in [4.78, 5) is 14.6. The van der Waals surface area contributed by atoms with Gasteiger partial charge in [0.25, 0.3) is 5.91 Å². The first-order valence-electron chi connectivity index (χ1n) is 8.65. The zero-order chi connectivity index (χ0) is 17.6. The number of amides is 1. The van der Waals surface area contributed by atoms with Crippen molar-refractivity contribution in [2.45, 2.75) is 19.1 Å². The van der Waals surface area contributed by atoms with E-state index in [0.29, 0.717) is 13.2 Å². The van der Waals surface area contributed by atoms with Crippen molar-refractivity contribution in [1.82, 2.24) is 4.90 Å². The fourth-order valence-corrected chi connectivity index (χ4v) is 2.93. The van der Waals surface area contributed by atoms with Gasteiger partial charge in [-0.3, -0.25) is 4.79 Å². The molecule has 1 fully saturated rings. The molecule has 0 bridgehead atoms. The molecule has 1 heterocycles. The van der Waals surface area contributed by atoms with Crippen LogP contribution in [0, 0.1) is 0 Å². The number of hydrogen-bond acceptors (Lipinski definition) is 4. The summed E-state index contributed by atoms with van der Waals surface area (Å²) in [5.41, 5.74) is 2.87. The molecule has 1 aliphatic heterocycles. The number of hydrogen-bond donors (Lipinski definition) is 2. The molecule has 0 radical (unpaired) electrons. The van der Waals surface area contributed by atoms with Gasteiger partial charge in [-0.2, -0.15) is 0 Å². The molecule has 0 saturated carbocycles. The molecule has 0 spiro atoms. The first kappa shape index (κ1) is 17.5. The molecule has 25 heavy (non-hydrogen) atoms. The zero-order valence-electron chi connectivity index (χ0n) is 14.7. The summed E-state index contributed by atoms with van der Waals surface area (Å²) >= 11 is 0. The van der Waals surface area contributed by atoms with E-state index in [1.54, 1.807) is 0 Å². The Morgan fingerprint density at radius 2 is 1.80 bits per heavy atom. The molecule has 2 aromatic carbocycles. The summed E-state index contributed by atoms with van der Waals surface area (Å²) in [7, 11) is 2.00. The summed E-state index contributed by atoms with van der Waals surface area (Å²) in [6, 6.07) is 18.1. The van der Waals surface area contributed by atoms with E-state index in [0.717, 1.165) is 17.9 Å². The highest BCUT2D eigenvalue weighted by atomic mass is 16.5. The fourth-order valence-electron chi connectivity index (χ4n) is 2.93. The second-order valence-electron chi connectivity index (χ2n) is 6.43. The number of carbonyl (C=O) groups excluding carboxylic acids is 1. The van der Waals surface area contributed by atoms with Crippen LogP contribution in [0.15, 0.2) is 54.6 Å². The highest BCUT2D eigenvalue weighted by molar-refractivity contribution is 5.97. The number of carbonyl (C=O) groups is 1. The molecule has 1 aliphatic rings. The maximum atomic E-state index is 12.5. The van der Waals surface area contributed by atoms with E-state index in [2.05, 4.69) is 34.6 Å². The Labute approximate surface area is 149 Å². The summed E-state index contributed by atoms with van der Waals surface area (Å²) in [5, 5.41) is 6.48. The van der Waals surface area contributed by atoms with Crippen LogP contribution in [0.25, 0.3) is 0 Å². The van der Waals surface area contributed by atoms with Crippen molar-refractivity contribution in [2.75, 3.05) is 37.4 Å². The number of nitrogens with one attached hydrogen (secondary N) is 2. The Hall–Kier alpha value is -2.37. The quantitative estimate of drug-likeness (QED) is 0.879. The number of likely N-dealkylation sites (N-methyl/N-ethyl adjacent to an activating group) is 1. The van der Waals surface area contributed by atoms with Gasteiger partial charge in [0.1, 0.15) is 6.10 Å². The van der Waals surface area contributed by atoms with Crippen molar-refractivity contribution in [3.63, 3.8) is 0 Å². The summed E-state index contributed by atoms with van der Waals surface area (Å²) in [5.74, 6) is -0.104. The molecular weight excluding hydrogens is 314 g/mol. The van der Waals surface area contributed by atoms with Crippen LogP contribution in [0.1, 0.15) is 18.5 Å².